The molecule has 0 saturated heterocycles. The largest absolute Gasteiger partial charge is 0.480 e. The van der Waals surface area contributed by atoms with Crippen molar-refractivity contribution in [1.82, 2.24) is 4.90 Å². The highest BCUT2D eigenvalue weighted by molar-refractivity contribution is 5.89. The Morgan fingerprint density at radius 3 is 2.00 bits per heavy atom. The first-order valence-corrected chi connectivity index (χ1v) is 5.35. The summed E-state index contributed by atoms with van der Waals surface area (Å²) in [7, 11) is 1.50. The van der Waals surface area contributed by atoms with E-state index in [4.69, 9.17) is 10.8 Å². The lowest BCUT2D eigenvalue weighted by Crippen LogP contribution is -2.56. The molecular formula is C11H22N2O3. The first-order valence-electron chi connectivity index (χ1n) is 5.35. The summed E-state index contributed by atoms with van der Waals surface area (Å²) in [5.41, 5.74) is 3.67. The van der Waals surface area contributed by atoms with Crippen LogP contribution >= 0.6 is 0 Å². The van der Waals surface area contributed by atoms with Gasteiger partial charge in [-0.15, -0.1) is 0 Å². The highest BCUT2D eigenvalue weighted by Crippen LogP contribution is 2.26. The van der Waals surface area contributed by atoms with Crippen LogP contribution in [0.25, 0.3) is 0 Å². The van der Waals surface area contributed by atoms with Crippen LogP contribution < -0.4 is 5.73 Å². The van der Waals surface area contributed by atoms with E-state index in [1.54, 1.807) is 6.92 Å². The fourth-order valence-corrected chi connectivity index (χ4v) is 1.19. The molecule has 0 rings (SSSR count). The first kappa shape index (κ1) is 14.9. The van der Waals surface area contributed by atoms with Crippen LogP contribution in [0.2, 0.25) is 0 Å². The molecule has 0 aromatic carbocycles. The molecule has 0 spiro atoms. The van der Waals surface area contributed by atoms with E-state index < -0.39 is 16.9 Å². The van der Waals surface area contributed by atoms with Crippen molar-refractivity contribution in [2.75, 3.05) is 13.6 Å². The van der Waals surface area contributed by atoms with Gasteiger partial charge in [-0.2, -0.15) is 0 Å². The Morgan fingerprint density at radius 1 is 1.31 bits per heavy atom. The number of aliphatic carboxylic acids is 1. The van der Waals surface area contributed by atoms with Gasteiger partial charge in [-0.25, -0.2) is 4.79 Å². The third-order valence-electron chi connectivity index (χ3n) is 3.41. The summed E-state index contributed by atoms with van der Waals surface area (Å²) in [5, 5.41) is 9.05. The molecule has 0 radical (unpaired) electrons. The molecule has 0 bridgehead atoms. The van der Waals surface area contributed by atoms with Crippen molar-refractivity contribution >= 4 is 11.9 Å². The Bertz CT molecular complexity index is 283. The average molecular weight is 230 g/mol. The maximum atomic E-state index is 12.2. The predicted molar refractivity (Wildman–Crippen MR) is 61.9 cm³/mol. The van der Waals surface area contributed by atoms with E-state index >= 15 is 0 Å². The van der Waals surface area contributed by atoms with Crippen LogP contribution in [0.15, 0.2) is 0 Å². The van der Waals surface area contributed by atoms with Crippen LogP contribution in [0.3, 0.4) is 0 Å². The number of nitrogens with zero attached hydrogens (tertiary/aromatic N) is 1. The second kappa shape index (κ2) is 4.82. The minimum Gasteiger partial charge on any atom is -0.480 e. The summed E-state index contributed by atoms with van der Waals surface area (Å²) in [4.78, 5) is 24.5. The lowest BCUT2D eigenvalue weighted by atomic mass is 9.84. The van der Waals surface area contributed by atoms with Gasteiger partial charge in [0, 0.05) is 13.6 Å². The number of carboxylic acids is 1. The summed E-state index contributed by atoms with van der Waals surface area (Å²) in [6, 6.07) is 0. The highest BCUT2D eigenvalue weighted by atomic mass is 16.4. The quantitative estimate of drug-likeness (QED) is 0.727. The Kier molecular flexibility index (Phi) is 4.49. The molecule has 0 aliphatic carbocycles. The molecule has 0 aromatic heterocycles. The fourth-order valence-electron chi connectivity index (χ4n) is 1.19. The molecule has 5 heteroatoms. The van der Waals surface area contributed by atoms with E-state index in [1.165, 1.54) is 25.8 Å². The van der Waals surface area contributed by atoms with Crippen molar-refractivity contribution < 1.29 is 14.7 Å². The molecule has 0 aliphatic heterocycles. The van der Waals surface area contributed by atoms with Crippen molar-refractivity contribution in [2.45, 2.75) is 39.7 Å². The second-order valence-corrected chi connectivity index (χ2v) is 4.85. The van der Waals surface area contributed by atoms with E-state index in [1.807, 2.05) is 6.92 Å². The van der Waals surface area contributed by atoms with E-state index in [0.717, 1.165) is 0 Å². The molecule has 16 heavy (non-hydrogen) atoms. The molecule has 0 fully saturated rings. The number of carboxylic acid groups (broad SMARTS) is 1. The Balaban J connectivity index is 5.08. The van der Waals surface area contributed by atoms with Crippen LogP contribution in [-0.4, -0.2) is 41.0 Å². The van der Waals surface area contributed by atoms with Gasteiger partial charge in [0.1, 0.15) is 5.54 Å². The number of carbonyl (C=O) groups is 2. The molecule has 1 amide bonds. The van der Waals surface area contributed by atoms with Gasteiger partial charge in [0.15, 0.2) is 0 Å². The fraction of sp³-hybridized carbons (Fsp3) is 0.818. The Morgan fingerprint density at radius 2 is 1.75 bits per heavy atom. The molecule has 0 aliphatic rings. The minimum atomic E-state index is -1.22. The first-order chi connectivity index (χ1) is 7.13. The molecule has 94 valence electrons. The van der Waals surface area contributed by atoms with Gasteiger partial charge in [0.05, 0.1) is 5.41 Å². The van der Waals surface area contributed by atoms with Crippen LogP contribution in [-0.2, 0) is 9.59 Å². The van der Waals surface area contributed by atoms with Gasteiger partial charge < -0.3 is 15.7 Å². The summed E-state index contributed by atoms with van der Waals surface area (Å²) in [5.74, 6) is -1.26. The SMILES string of the molecule is CCC(C)(CN)C(=O)N(C)C(C)(C)C(=O)O. The lowest BCUT2D eigenvalue weighted by Gasteiger charge is -2.38. The zero-order valence-electron chi connectivity index (χ0n) is 10.7. The average Bonchev–Trinajstić information content (AvgIpc) is 2.25. The maximum Gasteiger partial charge on any atom is 0.329 e. The van der Waals surface area contributed by atoms with Crippen molar-refractivity contribution in [2.24, 2.45) is 11.1 Å². The maximum absolute atomic E-state index is 12.2. The lowest BCUT2D eigenvalue weighted by molar-refractivity contribution is -0.159. The van der Waals surface area contributed by atoms with E-state index in [9.17, 15) is 9.59 Å². The predicted octanol–water partition coefficient (Wildman–Crippen LogP) is 0.683. The monoisotopic (exact) mass is 230 g/mol. The van der Waals surface area contributed by atoms with Crippen LogP contribution in [0.4, 0.5) is 0 Å². The summed E-state index contributed by atoms with van der Waals surface area (Å²) in [6.07, 6.45) is 0.586. The van der Waals surface area contributed by atoms with Crippen molar-refractivity contribution in [1.29, 1.82) is 0 Å². The zero-order chi connectivity index (χ0) is 13.1. The number of rotatable bonds is 5. The van der Waals surface area contributed by atoms with Crippen molar-refractivity contribution in [3.8, 4) is 0 Å². The van der Waals surface area contributed by atoms with Gasteiger partial charge in [0.25, 0.3) is 0 Å². The van der Waals surface area contributed by atoms with Gasteiger partial charge in [-0.05, 0) is 27.2 Å². The van der Waals surface area contributed by atoms with E-state index in [0.29, 0.717) is 6.42 Å². The summed E-state index contributed by atoms with van der Waals surface area (Å²) in [6.45, 7) is 6.83. The molecule has 3 N–H and O–H groups in total. The number of likely N-dealkylation sites (N-methyl/N-ethyl adjacent to an activating group) is 1. The topological polar surface area (TPSA) is 83.6 Å². The van der Waals surface area contributed by atoms with Crippen LogP contribution in [0.1, 0.15) is 34.1 Å². The van der Waals surface area contributed by atoms with Gasteiger partial charge in [-0.3, -0.25) is 4.79 Å². The summed E-state index contributed by atoms with van der Waals surface area (Å²) < 4.78 is 0. The van der Waals surface area contributed by atoms with Gasteiger partial charge in [-0.1, -0.05) is 6.92 Å². The molecule has 0 heterocycles. The van der Waals surface area contributed by atoms with E-state index in [2.05, 4.69) is 0 Å². The Hall–Kier alpha value is -1.10. The van der Waals surface area contributed by atoms with Crippen LogP contribution in [0, 0.1) is 5.41 Å². The summed E-state index contributed by atoms with van der Waals surface area (Å²) >= 11 is 0. The minimum absolute atomic E-state index is 0.211. The van der Waals surface area contributed by atoms with Gasteiger partial charge in [0.2, 0.25) is 5.91 Å². The molecule has 1 unspecified atom stereocenters. The second-order valence-electron chi connectivity index (χ2n) is 4.85. The van der Waals surface area contributed by atoms with Crippen molar-refractivity contribution in [3.63, 3.8) is 0 Å². The normalized spacial score (nSPS) is 15.4. The molecule has 0 aromatic rings. The number of amides is 1. The number of hydrogen-bond donors (Lipinski definition) is 2. The van der Waals surface area contributed by atoms with E-state index in [-0.39, 0.29) is 12.5 Å². The third-order valence-corrected chi connectivity index (χ3v) is 3.41. The smallest absolute Gasteiger partial charge is 0.329 e. The highest BCUT2D eigenvalue weighted by Gasteiger charge is 2.41. The molecule has 1 atom stereocenters. The molecule has 5 nitrogen and oxygen atoms in total. The van der Waals surface area contributed by atoms with Crippen molar-refractivity contribution in [3.05, 3.63) is 0 Å². The third kappa shape index (κ3) is 2.52. The number of hydrogen-bond acceptors (Lipinski definition) is 3. The molecular weight excluding hydrogens is 208 g/mol. The standard InChI is InChI=1S/C11H22N2O3/c1-6-11(4,7-12)8(14)13(5)10(2,3)9(15)16/h6-7,12H2,1-5H3,(H,15,16). The zero-order valence-corrected chi connectivity index (χ0v) is 10.7. The van der Waals surface area contributed by atoms with Crippen LogP contribution in [0.5, 0.6) is 0 Å². The Labute approximate surface area is 96.6 Å². The van der Waals surface area contributed by atoms with Gasteiger partial charge >= 0.3 is 5.97 Å². The number of carbonyl (C=O) groups excluding carboxylic acids is 1. The number of nitrogens with two attached hydrogens (primary N) is 1. The molecule has 0 saturated carbocycles.